The minimum atomic E-state index is -1.25. The highest BCUT2D eigenvalue weighted by Crippen LogP contribution is 2.38. The van der Waals surface area contributed by atoms with Gasteiger partial charge in [-0.1, -0.05) is 107 Å². The molecule has 5 rings (SSSR count). The van der Waals surface area contributed by atoms with E-state index in [1.165, 1.54) is 50.5 Å². The van der Waals surface area contributed by atoms with Crippen LogP contribution in [-0.2, 0) is 33.3 Å². The van der Waals surface area contributed by atoms with Gasteiger partial charge in [0.2, 0.25) is 0 Å². The predicted molar refractivity (Wildman–Crippen MR) is 216 cm³/mol. The third-order valence-electron chi connectivity index (χ3n) is 10.6. The summed E-state index contributed by atoms with van der Waals surface area (Å²) in [6.45, 7) is 11.8. The molecule has 2 fully saturated rings. The van der Waals surface area contributed by atoms with E-state index in [1.54, 1.807) is 36.4 Å². The predicted octanol–water partition coefficient (Wildman–Crippen LogP) is 10.5. The summed E-state index contributed by atoms with van der Waals surface area (Å²) in [7, 11) is 0. The first kappa shape index (κ1) is 42.8. The fourth-order valence-corrected chi connectivity index (χ4v) is 7.21. The molecule has 0 radical (unpaired) electrons. The Morgan fingerprint density at radius 2 is 1.21 bits per heavy atom. The largest absolute Gasteiger partial charge is 0.464 e. The molecule has 0 amide bonds. The maximum Gasteiger partial charge on any atom is 0.343 e. The fourth-order valence-electron chi connectivity index (χ4n) is 7.21. The van der Waals surface area contributed by atoms with Crippen LogP contribution >= 0.6 is 0 Å². The van der Waals surface area contributed by atoms with Crippen molar-refractivity contribution in [3.63, 3.8) is 0 Å². The van der Waals surface area contributed by atoms with Crippen molar-refractivity contribution >= 4 is 17.9 Å². The number of esters is 3. The third-order valence-corrected chi connectivity index (χ3v) is 10.6. The summed E-state index contributed by atoms with van der Waals surface area (Å²) in [4.78, 5) is 38.6. The SMILES string of the molecule is C=C(C)COCCCCCC1CCC(c2ccc(-c3ccc(C(=O)Oc4ccc(C5O[C@@H](C(=O)OCCCC)[C@H](C(=O)OCCCC)O5)cc4)cc3)cc2)CC1. The zero-order valence-electron chi connectivity index (χ0n) is 33.5. The molecule has 0 aromatic heterocycles. The minimum absolute atomic E-state index is 0.226. The minimum Gasteiger partial charge on any atom is -0.464 e. The van der Waals surface area contributed by atoms with Crippen LogP contribution in [0.25, 0.3) is 11.1 Å². The van der Waals surface area contributed by atoms with E-state index in [4.69, 9.17) is 28.4 Å². The molecule has 56 heavy (non-hydrogen) atoms. The molecule has 0 N–H and O–H groups in total. The van der Waals surface area contributed by atoms with Crippen LogP contribution < -0.4 is 4.74 Å². The van der Waals surface area contributed by atoms with Gasteiger partial charge in [-0.25, -0.2) is 14.4 Å². The number of hydrogen-bond donors (Lipinski definition) is 0. The average molecular weight is 769 g/mol. The summed E-state index contributed by atoms with van der Waals surface area (Å²) in [5.41, 5.74) is 5.61. The lowest BCUT2D eigenvalue weighted by molar-refractivity contribution is -0.163. The molecule has 2 aliphatic rings. The molecule has 1 aliphatic carbocycles. The van der Waals surface area contributed by atoms with Crippen molar-refractivity contribution in [2.75, 3.05) is 26.4 Å². The second-order valence-electron chi connectivity index (χ2n) is 15.2. The van der Waals surface area contributed by atoms with Gasteiger partial charge >= 0.3 is 17.9 Å². The molecule has 1 saturated heterocycles. The number of unbranched alkanes of at least 4 members (excludes halogenated alkanes) is 4. The fraction of sp³-hybridized carbons (Fsp3) is 0.511. The van der Waals surface area contributed by atoms with Crippen LogP contribution in [-0.4, -0.2) is 56.5 Å². The van der Waals surface area contributed by atoms with Crippen LogP contribution in [0.3, 0.4) is 0 Å². The van der Waals surface area contributed by atoms with E-state index in [9.17, 15) is 14.4 Å². The molecule has 302 valence electrons. The molecular weight excluding hydrogens is 709 g/mol. The monoisotopic (exact) mass is 768 g/mol. The maximum atomic E-state index is 13.0. The van der Waals surface area contributed by atoms with Gasteiger partial charge in [0.25, 0.3) is 0 Å². The first-order valence-electron chi connectivity index (χ1n) is 20.6. The molecule has 3 aromatic rings. The van der Waals surface area contributed by atoms with Gasteiger partial charge in [-0.15, -0.1) is 0 Å². The van der Waals surface area contributed by atoms with Crippen LogP contribution in [0.4, 0.5) is 0 Å². The van der Waals surface area contributed by atoms with Gasteiger partial charge in [0.1, 0.15) is 5.75 Å². The van der Waals surface area contributed by atoms with E-state index in [0.717, 1.165) is 48.5 Å². The summed E-state index contributed by atoms with van der Waals surface area (Å²) < 4.78 is 33.7. The van der Waals surface area contributed by atoms with E-state index < -0.39 is 36.4 Å². The number of ether oxygens (including phenoxy) is 6. The van der Waals surface area contributed by atoms with Crippen LogP contribution in [0, 0.1) is 5.92 Å². The first-order chi connectivity index (χ1) is 27.2. The Kier molecular flexibility index (Phi) is 17.2. The van der Waals surface area contributed by atoms with Gasteiger partial charge < -0.3 is 28.4 Å². The summed E-state index contributed by atoms with van der Waals surface area (Å²) in [5.74, 6) is -0.0285. The lowest BCUT2D eigenvalue weighted by Gasteiger charge is -2.29. The van der Waals surface area contributed by atoms with Gasteiger partial charge in [-0.05, 0) is 105 Å². The molecule has 9 nitrogen and oxygen atoms in total. The summed E-state index contributed by atoms with van der Waals surface area (Å²) in [6, 6.07) is 22.9. The Balaban J connectivity index is 1.08. The molecule has 0 spiro atoms. The number of carbonyl (C=O) groups excluding carboxylic acids is 3. The highest BCUT2D eigenvalue weighted by atomic mass is 16.8. The lowest BCUT2D eigenvalue weighted by atomic mass is 9.77. The van der Waals surface area contributed by atoms with Crippen molar-refractivity contribution in [2.24, 2.45) is 5.92 Å². The van der Waals surface area contributed by atoms with Crippen molar-refractivity contribution in [1.29, 1.82) is 0 Å². The molecule has 0 bridgehead atoms. The smallest absolute Gasteiger partial charge is 0.343 e. The van der Waals surface area contributed by atoms with Crippen molar-refractivity contribution in [3.8, 4) is 16.9 Å². The Morgan fingerprint density at radius 3 is 1.77 bits per heavy atom. The number of rotatable bonds is 21. The van der Waals surface area contributed by atoms with Gasteiger partial charge in [0.05, 0.1) is 25.4 Å². The molecule has 2 atom stereocenters. The van der Waals surface area contributed by atoms with Crippen LogP contribution in [0.2, 0.25) is 0 Å². The second-order valence-corrected chi connectivity index (χ2v) is 15.2. The van der Waals surface area contributed by atoms with Gasteiger partial charge in [0, 0.05) is 12.2 Å². The molecular formula is C47H60O9. The maximum absolute atomic E-state index is 13.0. The summed E-state index contributed by atoms with van der Waals surface area (Å²) in [6.07, 6.45) is 9.70. The Bertz CT molecular complexity index is 1640. The highest BCUT2D eigenvalue weighted by molar-refractivity contribution is 5.91. The molecule has 9 heteroatoms. The van der Waals surface area contributed by atoms with Crippen LogP contribution in [0.5, 0.6) is 5.75 Å². The van der Waals surface area contributed by atoms with Gasteiger partial charge in [0.15, 0.2) is 18.5 Å². The Hall–Kier alpha value is -4.31. The lowest BCUT2D eigenvalue weighted by Crippen LogP contribution is -2.39. The van der Waals surface area contributed by atoms with E-state index in [0.29, 0.717) is 42.2 Å². The van der Waals surface area contributed by atoms with Crippen molar-refractivity contribution < 1.29 is 42.8 Å². The van der Waals surface area contributed by atoms with Gasteiger partial charge in [-0.2, -0.15) is 0 Å². The zero-order chi connectivity index (χ0) is 39.7. The van der Waals surface area contributed by atoms with E-state index in [-0.39, 0.29) is 13.2 Å². The number of hydrogen-bond acceptors (Lipinski definition) is 9. The van der Waals surface area contributed by atoms with Crippen molar-refractivity contribution in [2.45, 2.75) is 122 Å². The second kappa shape index (κ2) is 22.4. The normalized spacial score (nSPS) is 19.7. The standard InChI is InChI=1S/C47H60O9/c1-5-7-30-52-45(49)42-43(46(50)53-31-8-6-2)56-47(55-42)40-25-27-41(28-26-40)54-44(48)39-23-21-38(22-24-39)37-19-17-36(18-20-37)35-15-13-34(14-16-35)12-10-9-11-29-51-32-33(3)4/h17-28,34-35,42-43,47H,3,5-16,29-32H2,1-2,4H3/t34?,35?,42-,43-/m1/s1. The van der Waals surface area contributed by atoms with E-state index >= 15 is 0 Å². The zero-order valence-corrected chi connectivity index (χ0v) is 33.5. The topological polar surface area (TPSA) is 107 Å². The van der Waals surface area contributed by atoms with E-state index in [1.807, 2.05) is 32.9 Å². The third kappa shape index (κ3) is 12.9. The molecule has 3 aromatic carbocycles. The van der Waals surface area contributed by atoms with Crippen LogP contribution in [0.15, 0.2) is 84.9 Å². The Labute approximate surface area is 333 Å². The number of benzene rings is 3. The highest BCUT2D eigenvalue weighted by Gasteiger charge is 2.47. The first-order valence-corrected chi connectivity index (χ1v) is 20.6. The molecule has 1 heterocycles. The molecule has 0 unspecified atom stereocenters. The molecule has 1 saturated carbocycles. The van der Waals surface area contributed by atoms with Crippen LogP contribution in [0.1, 0.15) is 132 Å². The summed E-state index contributed by atoms with van der Waals surface area (Å²) in [5, 5.41) is 0. The van der Waals surface area contributed by atoms with Crippen molar-refractivity contribution in [1.82, 2.24) is 0 Å². The quantitative estimate of drug-likeness (QED) is 0.0453. The summed E-state index contributed by atoms with van der Waals surface area (Å²) >= 11 is 0. The Morgan fingerprint density at radius 1 is 0.661 bits per heavy atom. The molecule has 1 aliphatic heterocycles. The number of carbonyl (C=O) groups is 3. The van der Waals surface area contributed by atoms with Crippen molar-refractivity contribution in [3.05, 3.63) is 102 Å². The van der Waals surface area contributed by atoms with E-state index in [2.05, 4.69) is 30.8 Å². The van der Waals surface area contributed by atoms with Gasteiger partial charge in [-0.3, -0.25) is 0 Å². The average Bonchev–Trinajstić information content (AvgIpc) is 3.67.